The average molecular weight is 238 g/mol. The highest BCUT2D eigenvalue weighted by Crippen LogP contribution is 2.12. The number of nitrogens with zero attached hydrogens (tertiary/aromatic N) is 1. The minimum atomic E-state index is -0.549. The molecule has 1 heterocycles. The normalized spacial score (nSPS) is 34.0. The first-order chi connectivity index (χ1) is 5.63. The molecule has 0 saturated carbocycles. The molecule has 0 aliphatic carbocycles. The van der Waals surface area contributed by atoms with E-state index in [1.165, 1.54) is 0 Å². The minimum absolute atomic E-state index is 0.549. The van der Waals surface area contributed by atoms with Crippen molar-refractivity contribution in [2.75, 3.05) is 25.0 Å². The smallest absolute Gasteiger partial charge is 0.0938 e. The van der Waals surface area contributed by atoms with E-state index in [1.54, 1.807) is 0 Å². The standard InChI is InChI=1S/C8H16BrNO2/c1-6(2-9)3-10-4-7(11)8(12)5-10/h6-8,11-12H,2-5H2,1H3/t6?,7-,8+. The Labute approximate surface area is 81.5 Å². The molecule has 0 amide bonds. The lowest BCUT2D eigenvalue weighted by Crippen LogP contribution is -2.28. The molecule has 0 aromatic carbocycles. The van der Waals surface area contributed by atoms with Crippen molar-refractivity contribution in [3.63, 3.8) is 0 Å². The molecular weight excluding hydrogens is 222 g/mol. The maximum absolute atomic E-state index is 9.25. The molecule has 0 bridgehead atoms. The van der Waals surface area contributed by atoms with E-state index in [9.17, 15) is 10.2 Å². The van der Waals surface area contributed by atoms with Gasteiger partial charge in [0.25, 0.3) is 0 Å². The number of likely N-dealkylation sites (tertiary alicyclic amines) is 1. The van der Waals surface area contributed by atoms with Crippen molar-refractivity contribution in [3.8, 4) is 0 Å². The lowest BCUT2D eigenvalue weighted by molar-refractivity contribution is 0.0572. The van der Waals surface area contributed by atoms with Crippen molar-refractivity contribution in [1.82, 2.24) is 4.90 Å². The summed E-state index contributed by atoms with van der Waals surface area (Å²) in [7, 11) is 0. The Hall–Kier alpha value is 0.360. The molecule has 1 saturated heterocycles. The van der Waals surface area contributed by atoms with E-state index in [-0.39, 0.29) is 0 Å². The molecule has 1 unspecified atom stereocenters. The van der Waals surface area contributed by atoms with Crippen LogP contribution in [-0.4, -0.2) is 52.3 Å². The molecule has 2 N–H and O–H groups in total. The molecule has 0 aromatic heterocycles. The van der Waals surface area contributed by atoms with Gasteiger partial charge >= 0.3 is 0 Å². The lowest BCUT2D eigenvalue weighted by Gasteiger charge is -2.18. The third kappa shape index (κ3) is 2.69. The zero-order chi connectivity index (χ0) is 9.14. The fraction of sp³-hybridized carbons (Fsp3) is 1.00. The SMILES string of the molecule is CC(CBr)CN1C[C@@H](O)[C@@H](O)C1. The van der Waals surface area contributed by atoms with Gasteiger partial charge in [-0.25, -0.2) is 0 Å². The molecule has 1 rings (SSSR count). The van der Waals surface area contributed by atoms with Crippen LogP contribution in [0.25, 0.3) is 0 Å². The van der Waals surface area contributed by atoms with Crippen molar-refractivity contribution < 1.29 is 10.2 Å². The molecule has 3 nitrogen and oxygen atoms in total. The van der Waals surface area contributed by atoms with E-state index in [1.807, 2.05) is 0 Å². The van der Waals surface area contributed by atoms with Crippen LogP contribution >= 0.6 is 15.9 Å². The first-order valence-corrected chi connectivity index (χ1v) is 5.40. The van der Waals surface area contributed by atoms with Gasteiger partial charge in [0.2, 0.25) is 0 Å². The van der Waals surface area contributed by atoms with Crippen molar-refractivity contribution in [1.29, 1.82) is 0 Å². The van der Waals surface area contributed by atoms with Crippen LogP contribution in [0.3, 0.4) is 0 Å². The van der Waals surface area contributed by atoms with Crippen LogP contribution in [0.1, 0.15) is 6.92 Å². The predicted octanol–water partition coefficient (Wildman–Crippen LogP) is 0.0548. The first kappa shape index (κ1) is 10.4. The average Bonchev–Trinajstić information content (AvgIpc) is 2.31. The van der Waals surface area contributed by atoms with Crippen LogP contribution in [0.5, 0.6) is 0 Å². The quantitative estimate of drug-likeness (QED) is 0.683. The molecule has 3 atom stereocenters. The summed E-state index contributed by atoms with van der Waals surface area (Å²) in [4.78, 5) is 2.10. The van der Waals surface area contributed by atoms with Gasteiger partial charge in [-0.15, -0.1) is 0 Å². The Morgan fingerprint density at radius 1 is 1.42 bits per heavy atom. The third-order valence-electron chi connectivity index (χ3n) is 2.17. The van der Waals surface area contributed by atoms with Crippen LogP contribution in [-0.2, 0) is 0 Å². The Morgan fingerprint density at radius 2 is 1.92 bits per heavy atom. The Morgan fingerprint density at radius 3 is 2.33 bits per heavy atom. The van der Waals surface area contributed by atoms with Gasteiger partial charge in [0.15, 0.2) is 0 Å². The van der Waals surface area contributed by atoms with Gasteiger partial charge in [-0.3, -0.25) is 4.90 Å². The predicted molar refractivity (Wildman–Crippen MR) is 51.4 cm³/mol. The third-order valence-corrected chi connectivity index (χ3v) is 3.27. The zero-order valence-electron chi connectivity index (χ0n) is 7.28. The second-order valence-electron chi connectivity index (χ2n) is 3.61. The zero-order valence-corrected chi connectivity index (χ0v) is 8.87. The van der Waals surface area contributed by atoms with Crippen LogP contribution in [0.2, 0.25) is 0 Å². The molecule has 1 fully saturated rings. The second-order valence-corrected chi connectivity index (χ2v) is 4.26. The highest BCUT2D eigenvalue weighted by molar-refractivity contribution is 9.09. The highest BCUT2D eigenvalue weighted by atomic mass is 79.9. The Kier molecular flexibility index (Phi) is 3.96. The monoisotopic (exact) mass is 237 g/mol. The molecule has 4 heteroatoms. The molecule has 1 aliphatic rings. The number of aliphatic hydroxyl groups is 2. The number of hydrogen-bond acceptors (Lipinski definition) is 3. The summed E-state index contributed by atoms with van der Waals surface area (Å²) in [6, 6.07) is 0. The summed E-state index contributed by atoms with van der Waals surface area (Å²) >= 11 is 3.40. The van der Waals surface area contributed by atoms with E-state index in [0.717, 1.165) is 11.9 Å². The van der Waals surface area contributed by atoms with Gasteiger partial charge in [0, 0.05) is 25.0 Å². The fourth-order valence-corrected chi connectivity index (χ4v) is 1.69. The lowest BCUT2D eigenvalue weighted by atomic mass is 10.2. The second kappa shape index (κ2) is 4.56. The van der Waals surface area contributed by atoms with Gasteiger partial charge in [-0.1, -0.05) is 22.9 Å². The molecule has 12 heavy (non-hydrogen) atoms. The van der Waals surface area contributed by atoms with E-state index in [0.29, 0.717) is 19.0 Å². The fourth-order valence-electron chi connectivity index (χ4n) is 1.49. The van der Waals surface area contributed by atoms with Crippen LogP contribution in [0.15, 0.2) is 0 Å². The van der Waals surface area contributed by atoms with Crippen molar-refractivity contribution >= 4 is 15.9 Å². The molecule has 0 radical (unpaired) electrons. The van der Waals surface area contributed by atoms with Gasteiger partial charge < -0.3 is 10.2 Å². The maximum Gasteiger partial charge on any atom is 0.0938 e. The van der Waals surface area contributed by atoms with E-state index in [2.05, 4.69) is 27.8 Å². The van der Waals surface area contributed by atoms with E-state index >= 15 is 0 Å². The number of alkyl halides is 1. The molecule has 0 aromatic rings. The van der Waals surface area contributed by atoms with E-state index < -0.39 is 12.2 Å². The Balaban J connectivity index is 2.27. The summed E-state index contributed by atoms with van der Waals surface area (Å²) < 4.78 is 0. The number of rotatable bonds is 3. The molecule has 1 aliphatic heterocycles. The number of aliphatic hydroxyl groups excluding tert-OH is 2. The van der Waals surface area contributed by atoms with Crippen LogP contribution < -0.4 is 0 Å². The molecular formula is C8H16BrNO2. The van der Waals surface area contributed by atoms with Gasteiger partial charge in [0.05, 0.1) is 12.2 Å². The van der Waals surface area contributed by atoms with Gasteiger partial charge in [-0.05, 0) is 5.92 Å². The summed E-state index contributed by atoms with van der Waals surface area (Å²) in [5.41, 5.74) is 0. The van der Waals surface area contributed by atoms with Crippen LogP contribution in [0, 0.1) is 5.92 Å². The van der Waals surface area contributed by atoms with E-state index in [4.69, 9.17) is 0 Å². The minimum Gasteiger partial charge on any atom is -0.389 e. The first-order valence-electron chi connectivity index (χ1n) is 4.28. The summed E-state index contributed by atoms with van der Waals surface area (Å²) in [5, 5.41) is 19.5. The van der Waals surface area contributed by atoms with Gasteiger partial charge in [-0.2, -0.15) is 0 Å². The largest absolute Gasteiger partial charge is 0.389 e. The van der Waals surface area contributed by atoms with Crippen LogP contribution in [0.4, 0.5) is 0 Å². The van der Waals surface area contributed by atoms with Crippen molar-refractivity contribution in [2.45, 2.75) is 19.1 Å². The van der Waals surface area contributed by atoms with Gasteiger partial charge in [0.1, 0.15) is 0 Å². The Bertz CT molecular complexity index is 135. The number of halogens is 1. The maximum atomic E-state index is 9.25. The molecule has 72 valence electrons. The van der Waals surface area contributed by atoms with Crippen molar-refractivity contribution in [3.05, 3.63) is 0 Å². The number of β-amino-alcohol motifs (C(OH)–C–C–N with tert-alkyl or cyclic N) is 2. The topological polar surface area (TPSA) is 43.7 Å². The summed E-state index contributed by atoms with van der Waals surface area (Å²) in [5.74, 6) is 0.572. The number of hydrogen-bond donors (Lipinski definition) is 2. The summed E-state index contributed by atoms with van der Waals surface area (Å²) in [6.45, 7) is 4.31. The summed E-state index contributed by atoms with van der Waals surface area (Å²) in [6.07, 6.45) is -1.10. The van der Waals surface area contributed by atoms with Crippen molar-refractivity contribution in [2.24, 2.45) is 5.92 Å². The molecule has 0 spiro atoms. The highest BCUT2D eigenvalue weighted by Gasteiger charge is 2.29.